The number of unbranched alkanes of at least 4 members (excludes halogenated alkanes) is 9. The molecule has 9 unspecified atom stereocenters. The van der Waals surface area contributed by atoms with Crippen molar-refractivity contribution in [1.29, 1.82) is 0 Å². The number of carbonyl (C=O) groups excluding carboxylic acids is 2. The van der Waals surface area contributed by atoms with Crippen LogP contribution in [-0.2, 0) is 30.9 Å². The van der Waals surface area contributed by atoms with E-state index in [9.17, 15) is 5.11 Å². The average molecular weight is 867 g/mol. The van der Waals surface area contributed by atoms with Crippen molar-refractivity contribution in [1.82, 2.24) is 10.6 Å². The van der Waals surface area contributed by atoms with Crippen LogP contribution in [0.5, 0.6) is 5.75 Å². The lowest BCUT2D eigenvalue weighted by Crippen LogP contribution is -2.67. The number of piperidine rings is 2. The monoisotopic (exact) mass is 867 g/mol. The number of carbonyl (C=O) groups is 2. The third kappa shape index (κ3) is 13.0. The number of esters is 2. The highest BCUT2D eigenvalue weighted by atomic mass is 16.6. The number of benzene rings is 1. The van der Waals surface area contributed by atoms with Crippen molar-refractivity contribution in [3.63, 3.8) is 0 Å². The fraction of sp³-hybridized carbons (Fsp3) is 0.855. The van der Waals surface area contributed by atoms with Gasteiger partial charge in [-0.25, -0.2) is 0 Å². The van der Waals surface area contributed by atoms with Crippen LogP contribution in [-0.4, -0.2) is 51.4 Å². The normalized spacial score (nSPS) is 30.8. The van der Waals surface area contributed by atoms with Crippen LogP contribution in [0.1, 0.15) is 249 Å². The molecule has 7 heteroatoms. The molecule has 2 saturated heterocycles. The predicted octanol–water partition coefficient (Wildman–Crippen LogP) is 14.0. The molecule has 9 atom stereocenters. The quantitative estimate of drug-likeness (QED) is 0.0573. The van der Waals surface area contributed by atoms with Crippen LogP contribution in [0.4, 0.5) is 0 Å². The van der Waals surface area contributed by atoms with Gasteiger partial charge in [0.15, 0.2) is 5.41 Å². The van der Waals surface area contributed by atoms with Gasteiger partial charge in [0, 0.05) is 46.8 Å². The third-order valence-corrected chi connectivity index (χ3v) is 16.9. The molecule has 3 N–H and O–H groups in total. The van der Waals surface area contributed by atoms with E-state index < -0.39 is 17.4 Å². The molecular weight excluding hydrogens is 769 g/mol. The Balaban J connectivity index is 2.25. The maximum atomic E-state index is 15.8. The summed E-state index contributed by atoms with van der Waals surface area (Å²) in [5.74, 6) is -0.181. The second-order valence-electron chi connectivity index (χ2n) is 23.0. The molecule has 0 amide bonds. The lowest BCUT2D eigenvalue weighted by molar-refractivity contribution is -0.189. The minimum Gasteiger partial charge on any atom is -0.507 e. The molecule has 0 aromatic heterocycles. The molecule has 2 heterocycles. The topological polar surface area (TPSA) is 96.9 Å². The summed E-state index contributed by atoms with van der Waals surface area (Å²) in [4.78, 5) is 31.6. The van der Waals surface area contributed by atoms with Gasteiger partial charge in [-0.05, 0) is 100 Å². The summed E-state index contributed by atoms with van der Waals surface area (Å²) in [6, 6.07) is 4.14. The van der Waals surface area contributed by atoms with Crippen LogP contribution in [0.15, 0.2) is 12.1 Å². The van der Waals surface area contributed by atoms with Crippen molar-refractivity contribution >= 4 is 11.9 Å². The predicted molar refractivity (Wildman–Crippen MR) is 261 cm³/mol. The molecule has 0 radical (unpaired) electrons. The van der Waals surface area contributed by atoms with Gasteiger partial charge in [0.05, 0.1) is 0 Å². The van der Waals surface area contributed by atoms with Crippen LogP contribution < -0.4 is 10.6 Å². The first kappa shape index (κ1) is 54.2. The summed E-state index contributed by atoms with van der Waals surface area (Å²) < 4.78 is 13.9. The Morgan fingerprint density at radius 3 is 1.48 bits per heavy atom. The van der Waals surface area contributed by atoms with Crippen molar-refractivity contribution < 1.29 is 24.2 Å². The summed E-state index contributed by atoms with van der Waals surface area (Å²) in [6.07, 6.45) is 16.2. The molecule has 0 aliphatic carbocycles. The Morgan fingerprint density at radius 1 is 0.694 bits per heavy atom. The second kappa shape index (κ2) is 22.4. The van der Waals surface area contributed by atoms with E-state index in [0.717, 1.165) is 68.1 Å². The number of hydrogen-bond acceptors (Lipinski definition) is 7. The third-order valence-electron chi connectivity index (χ3n) is 16.9. The zero-order valence-electron chi connectivity index (χ0n) is 43.4. The highest BCUT2D eigenvalue weighted by molar-refractivity contribution is 6.00. The van der Waals surface area contributed by atoms with Crippen LogP contribution in [0, 0.1) is 23.2 Å². The molecule has 1 aromatic rings. The smallest absolute Gasteiger partial charge is 0.324 e. The van der Waals surface area contributed by atoms with E-state index in [1.54, 1.807) is 0 Å². The van der Waals surface area contributed by atoms with Crippen molar-refractivity contribution in [3.8, 4) is 5.75 Å². The standard InChI is InChI=1S/C55H98N2O5/c1-18-23-24-25-26-27-28-29-30-31-32-55(48(59)61-45-36-51(14,19-2)56-53(16,21-4)40(45)9,49(60)62-46-37-52(15,20-3)57-54(17,22-5)41(46)10)35-42-33-43(39(8)38(6)7)47(58)44(34-42)50(11,12)13/h33-34,38-41,45-46,56-58H,18-32,35-37H2,1-17H3. The molecule has 0 saturated carbocycles. The maximum Gasteiger partial charge on any atom is 0.324 e. The maximum absolute atomic E-state index is 15.8. The number of nitrogens with one attached hydrogen (secondary N) is 2. The molecule has 3 rings (SSSR count). The number of ether oxygens (including phenoxy) is 2. The summed E-state index contributed by atoms with van der Waals surface area (Å²) in [7, 11) is 0. The molecule has 0 bridgehead atoms. The van der Waals surface area contributed by atoms with Crippen molar-refractivity contribution in [2.75, 3.05) is 0 Å². The average Bonchev–Trinajstić information content (AvgIpc) is 3.21. The van der Waals surface area contributed by atoms with Gasteiger partial charge >= 0.3 is 11.9 Å². The number of phenolic OH excluding ortho intramolecular Hbond substituents is 1. The molecule has 0 spiro atoms. The number of phenols is 1. The summed E-state index contributed by atoms with van der Waals surface area (Å²) in [6.45, 7) is 37.4. The van der Waals surface area contributed by atoms with Crippen LogP contribution in [0.2, 0.25) is 0 Å². The highest BCUT2D eigenvalue weighted by Crippen LogP contribution is 2.46. The first-order chi connectivity index (χ1) is 28.8. The van der Waals surface area contributed by atoms with E-state index in [-0.39, 0.29) is 69.9 Å². The van der Waals surface area contributed by atoms with Crippen molar-refractivity contribution in [2.45, 2.75) is 279 Å². The Labute approximate surface area is 382 Å². The first-order valence-corrected chi connectivity index (χ1v) is 25.7. The summed E-state index contributed by atoms with van der Waals surface area (Å²) in [5, 5.41) is 19.8. The molecule has 7 nitrogen and oxygen atoms in total. The fourth-order valence-electron chi connectivity index (χ4n) is 10.7. The van der Waals surface area contributed by atoms with E-state index in [0.29, 0.717) is 25.0 Å². The Hall–Kier alpha value is -2.12. The summed E-state index contributed by atoms with van der Waals surface area (Å²) in [5.41, 5.74) is -0.291. The number of aromatic hydroxyl groups is 1. The zero-order valence-corrected chi connectivity index (χ0v) is 43.4. The molecule has 1 aromatic carbocycles. The van der Waals surface area contributed by atoms with Crippen molar-refractivity contribution in [3.05, 3.63) is 28.8 Å². The fourth-order valence-corrected chi connectivity index (χ4v) is 10.7. The number of rotatable bonds is 23. The van der Waals surface area contributed by atoms with E-state index in [1.165, 1.54) is 38.5 Å². The number of hydrogen-bond donors (Lipinski definition) is 3. The first-order valence-electron chi connectivity index (χ1n) is 25.7. The zero-order chi connectivity index (χ0) is 46.9. The molecular formula is C55H98N2O5. The largest absolute Gasteiger partial charge is 0.507 e. The Morgan fingerprint density at radius 2 is 1.11 bits per heavy atom. The minimum absolute atomic E-state index is 0.0294. The molecule has 2 aliphatic rings. The molecule has 62 heavy (non-hydrogen) atoms. The van der Waals surface area contributed by atoms with Crippen molar-refractivity contribution in [2.24, 2.45) is 23.2 Å². The Bertz CT molecular complexity index is 1520. The molecule has 358 valence electrons. The molecule has 2 fully saturated rings. The van der Waals surface area contributed by atoms with E-state index in [2.05, 4.69) is 140 Å². The highest BCUT2D eigenvalue weighted by Gasteiger charge is 2.55. The van der Waals surface area contributed by atoms with Crippen LogP contribution >= 0.6 is 0 Å². The lowest BCUT2D eigenvalue weighted by Gasteiger charge is -2.53. The van der Waals surface area contributed by atoms with Gasteiger partial charge in [-0.3, -0.25) is 9.59 Å². The Kier molecular flexibility index (Phi) is 19.6. The minimum atomic E-state index is -1.57. The lowest BCUT2D eigenvalue weighted by atomic mass is 9.69. The van der Waals surface area contributed by atoms with Crippen LogP contribution in [0.3, 0.4) is 0 Å². The summed E-state index contributed by atoms with van der Waals surface area (Å²) >= 11 is 0. The van der Waals surface area contributed by atoms with Crippen LogP contribution in [0.25, 0.3) is 0 Å². The van der Waals surface area contributed by atoms with Gasteiger partial charge in [0.25, 0.3) is 0 Å². The van der Waals surface area contributed by atoms with Gasteiger partial charge in [-0.1, -0.05) is 166 Å². The molecule has 2 aliphatic heterocycles. The second-order valence-corrected chi connectivity index (χ2v) is 23.0. The van der Waals surface area contributed by atoms with E-state index >= 15 is 9.59 Å². The van der Waals surface area contributed by atoms with E-state index in [4.69, 9.17) is 9.47 Å². The SMILES string of the molecule is CCCCCCCCCCCCC(Cc1cc(C(C)C(C)C)c(O)c(C(C)(C)C)c1)(C(=O)OC1CC(C)(CC)NC(C)(CC)C1C)C(=O)OC1CC(C)(CC)NC(C)(CC)C1C. The van der Waals surface area contributed by atoms with Gasteiger partial charge in [0.2, 0.25) is 0 Å². The van der Waals surface area contributed by atoms with Gasteiger partial charge in [-0.15, -0.1) is 0 Å². The van der Waals surface area contributed by atoms with Gasteiger partial charge < -0.3 is 25.2 Å². The van der Waals surface area contributed by atoms with Gasteiger partial charge in [-0.2, -0.15) is 0 Å². The van der Waals surface area contributed by atoms with Gasteiger partial charge in [0.1, 0.15) is 18.0 Å². The van der Waals surface area contributed by atoms with E-state index in [1.807, 2.05) is 0 Å².